The van der Waals surface area contributed by atoms with Crippen LogP contribution in [0.25, 0.3) is 5.69 Å². The summed E-state index contributed by atoms with van der Waals surface area (Å²) in [4.78, 5) is 0. The molecule has 0 bridgehead atoms. The Hall–Kier alpha value is -2.19. The molecule has 1 atom stereocenters. The molecule has 2 rings (SSSR count). The molecule has 1 heterocycles. The van der Waals surface area contributed by atoms with Gasteiger partial charge in [-0.3, -0.25) is 0 Å². The number of aromatic nitrogens is 4. The average Bonchev–Trinajstić information content (AvgIpc) is 2.90. The highest BCUT2D eigenvalue weighted by Gasteiger charge is 2.08. The molecule has 0 fully saturated rings. The monoisotopic (exact) mass is 279 g/mol. The SMILES string of the molecule is COc1cc(NCC(O)CO)cc(-n2nnnc2C)c1. The molecule has 1 unspecified atom stereocenters. The van der Waals surface area contributed by atoms with Crippen molar-refractivity contribution >= 4 is 5.69 Å². The predicted octanol–water partition coefficient (Wildman–Crippen LogP) is -0.256. The molecule has 2 aromatic rings. The summed E-state index contributed by atoms with van der Waals surface area (Å²) in [5, 5.41) is 32.5. The third-order valence-corrected chi connectivity index (χ3v) is 2.75. The van der Waals surface area contributed by atoms with Gasteiger partial charge >= 0.3 is 0 Å². The fourth-order valence-electron chi connectivity index (χ4n) is 1.70. The number of benzene rings is 1. The van der Waals surface area contributed by atoms with Crippen LogP contribution in [0.2, 0.25) is 0 Å². The molecule has 8 nitrogen and oxygen atoms in total. The van der Waals surface area contributed by atoms with E-state index in [-0.39, 0.29) is 13.2 Å². The first kappa shape index (κ1) is 14.2. The normalized spacial score (nSPS) is 12.2. The van der Waals surface area contributed by atoms with Crippen molar-refractivity contribution in [3.05, 3.63) is 24.0 Å². The first-order valence-electron chi connectivity index (χ1n) is 6.11. The van der Waals surface area contributed by atoms with E-state index in [9.17, 15) is 5.11 Å². The third-order valence-electron chi connectivity index (χ3n) is 2.75. The molecule has 0 radical (unpaired) electrons. The third kappa shape index (κ3) is 3.22. The molecule has 0 saturated carbocycles. The lowest BCUT2D eigenvalue weighted by molar-refractivity contribution is 0.105. The quantitative estimate of drug-likeness (QED) is 0.669. The van der Waals surface area contributed by atoms with Crippen LogP contribution < -0.4 is 10.1 Å². The van der Waals surface area contributed by atoms with E-state index in [2.05, 4.69) is 20.8 Å². The van der Waals surface area contributed by atoms with Gasteiger partial charge in [-0.05, 0) is 23.4 Å². The molecule has 20 heavy (non-hydrogen) atoms. The number of methoxy groups -OCH3 is 1. The number of nitrogens with one attached hydrogen (secondary N) is 1. The molecule has 0 aliphatic heterocycles. The number of hydrogen-bond donors (Lipinski definition) is 3. The summed E-state index contributed by atoms with van der Waals surface area (Å²) in [6.45, 7) is 1.73. The lowest BCUT2D eigenvalue weighted by Gasteiger charge is -2.13. The number of anilines is 1. The lowest BCUT2D eigenvalue weighted by atomic mass is 10.2. The zero-order valence-corrected chi connectivity index (χ0v) is 11.3. The number of hydrogen-bond acceptors (Lipinski definition) is 7. The maximum Gasteiger partial charge on any atom is 0.153 e. The minimum Gasteiger partial charge on any atom is -0.497 e. The summed E-state index contributed by atoms with van der Waals surface area (Å²) in [6.07, 6.45) is -0.820. The highest BCUT2D eigenvalue weighted by Crippen LogP contribution is 2.23. The summed E-state index contributed by atoms with van der Waals surface area (Å²) in [5.41, 5.74) is 1.48. The topological polar surface area (TPSA) is 105 Å². The van der Waals surface area contributed by atoms with E-state index in [0.29, 0.717) is 11.6 Å². The number of aliphatic hydroxyl groups is 2. The van der Waals surface area contributed by atoms with Crippen LogP contribution in [-0.2, 0) is 0 Å². The van der Waals surface area contributed by atoms with Crippen LogP contribution in [0.5, 0.6) is 5.75 Å². The molecule has 108 valence electrons. The molecule has 1 aromatic carbocycles. The minimum absolute atomic E-state index is 0.234. The Morgan fingerprint density at radius 3 is 2.80 bits per heavy atom. The second-order valence-corrected chi connectivity index (χ2v) is 4.27. The van der Waals surface area contributed by atoms with Crippen molar-refractivity contribution in [1.29, 1.82) is 0 Å². The Morgan fingerprint density at radius 2 is 2.20 bits per heavy atom. The van der Waals surface area contributed by atoms with E-state index in [4.69, 9.17) is 9.84 Å². The van der Waals surface area contributed by atoms with Gasteiger partial charge in [0, 0.05) is 24.4 Å². The fraction of sp³-hybridized carbons (Fsp3) is 0.417. The molecule has 8 heteroatoms. The Labute approximate surface area is 116 Å². The van der Waals surface area contributed by atoms with Gasteiger partial charge in [0.2, 0.25) is 0 Å². The fourth-order valence-corrected chi connectivity index (χ4v) is 1.70. The summed E-state index contributed by atoms with van der Waals surface area (Å²) in [7, 11) is 1.57. The van der Waals surface area contributed by atoms with Crippen molar-refractivity contribution < 1.29 is 14.9 Å². The molecule has 0 aliphatic rings. The maximum atomic E-state index is 9.36. The van der Waals surface area contributed by atoms with Gasteiger partial charge in [0.25, 0.3) is 0 Å². The van der Waals surface area contributed by atoms with E-state index in [1.807, 2.05) is 6.07 Å². The lowest BCUT2D eigenvalue weighted by Crippen LogP contribution is -2.23. The van der Waals surface area contributed by atoms with Crippen LogP contribution in [0.1, 0.15) is 5.82 Å². The summed E-state index contributed by atoms with van der Waals surface area (Å²) >= 11 is 0. The van der Waals surface area contributed by atoms with Crippen molar-refractivity contribution in [3.63, 3.8) is 0 Å². The van der Waals surface area contributed by atoms with Crippen molar-refractivity contribution in [3.8, 4) is 11.4 Å². The summed E-state index contributed by atoms with van der Waals surface area (Å²) < 4.78 is 6.81. The van der Waals surface area contributed by atoms with Crippen LogP contribution in [0.15, 0.2) is 18.2 Å². The Morgan fingerprint density at radius 1 is 1.40 bits per heavy atom. The van der Waals surface area contributed by atoms with Gasteiger partial charge in [-0.2, -0.15) is 4.68 Å². The zero-order chi connectivity index (χ0) is 14.5. The first-order valence-corrected chi connectivity index (χ1v) is 6.11. The molecule has 0 aliphatic carbocycles. The summed E-state index contributed by atoms with van der Waals surface area (Å²) in [6, 6.07) is 5.42. The molecule has 3 N–H and O–H groups in total. The van der Waals surface area contributed by atoms with Gasteiger partial charge in [0.15, 0.2) is 5.82 Å². The van der Waals surface area contributed by atoms with Gasteiger partial charge in [0.1, 0.15) is 5.75 Å². The van der Waals surface area contributed by atoms with Crippen molar-refractivity contribution in [1.82, 2.24) is 20.2 Å². The van der Waals surface area contributed by atoms with Crippen LogP contribution in [0.3, 0.4) is 0 Å². The van der Waals surface area contributed by atoms with Crippen molar-refractivity contribution in [2.24, 2.45) is 0 Å². The van der Waals surface area contributed by atoms with Crippen LogP contribution in [-0.4, -0.2) is 56.8 Å². The second-order valence-electron chi connectivity index (χ2n) is 4.27. The van der Waals surface area contributed by atoms with Gasteiger partial charge in [-0.1, -0.05) is 0 Å². The standard InChI is InChI=1S/C12H17N5O3/c1-8-14-15-16-17(8)10-3-9(4-12(5-10)20-2)13-6-11(19)7-18/h3-5,11,13,18-19H,6-7H2,1-2H3. The average molecular weight is 279 g/mol. The molecular weight excluding hydrogens is 262 g/mol. The largest absolute Gasteiger partial charge is 0.497 e. The van der Waals surface area contributed by atoms with Crippen LogP contribution in [0, 0.1) is 6.92 Å². The van der Waals surface area contributed by atoms with E-state index in [1.54, 1.807) is 30.8 Å². The van der Waals surface area contributed by atoms with Gasteiger partial charge < -0.3 is 20.3 Å². The molecule has 0 spiro atoms. The minimum atomic E-state index is -0.820. The summed E-state index contributed by atoms with van der Waals surface area (Å²) in [5.74, 6) is 1.29. The van der Waals surface area contributed by atoms with Crippen LogP contribution >= 0.6 is 0 Å². The smallest absolute Gasteiger partial charge is 0.153 e. The number of aryl methyl sites for hydroxylation is 1. The molecular formula is C12H17N5O3. The highest BCUT2D eigenvalue weighted by molar-refractivity contribution is 5.56. The second kappa shape index (κ2) is 6.31. The first-order chi connectivity index (χ1) is 9.63. The number of ether oxygens (including phenoxy) is 1. The van der Waals surface area contributed by atoms with Gasteiger partial charge in [-0.15, -0.1) is 5.10 Å². The van der Waals surface area contributed by atoms with Crippen molar-refractivity contribution in [2.75, 3.05) is 25.6 Å². The molecule has 0 saturated heterocycles. The zero-order valence-electron chi connectivity index (χ0n) is 11.3. The number of rotatable bonds is 6. The predicted molar refractivity (Wildman–Crippen MR) is 72.0 cm³/mol. The van der Waals surface area contributed by atoms with E-state index < -0.39 is 6.10 Å². The van der Waals surface area contributed by atoms with E-state index in [0.717, 1.165) is 11.4 Å². The molecule has 1 aromatic heterocycles. The van der Waals surface area contributed by atoms with E-state index >= 15 is 0 Å². The van der Waals surface area contributed by atoms with E-state index in [1.165, 1.54) is 0 Å². The van der Waals surface area contributed by atoms with Gasteiger partial charge in [0.05, 0.1) is 25.5 Å². The number of nitrogens with zero attached hydrogens (tertiary/aromatic N) is 4. The van der Waals surface area contributed by atoms with Crippen molar-refractivity contribution in [2.45, 2.75) is 13.0 Å². The number of tetrazole rings is 1. The van der Waals surface area contributed by atoms with Gasteiger partial charge in [-0.25, -0.2) is 0 Å². The Balaban J connectivity index is 2.27. The number of aliphatic hydroxyl groups excluding tert-OH is 2. The van der Waals surface area contributed by atoms with Crippen LogP contribution in [0.4, 0.5) is 5.69 Å². The Bertz CT molecular complexity index is 572. The highest BCUT2D eigenvalue weighted by atomic mass is 16.5. The Kier molecular flexibility index (Phi) is 4.49. The molecule has 0 amide bonds. The maximum absolute atomic E-state index is 9.36.